The van der Waals surface area contributed by atoms with Crippen molar-refractivity contribution in [1.82, 2.24) is 15.2 Å². The second-order valence-corrected chi connectivity index (χ2v) is 16.9. The first-order chi connectivity index (χ1) is 20.2. The van der Waals surface area contributed by atoms with Crippen LogP contribution < -0.4 is 4.84 Å². The fourth-order valence-corrected chi connectivity index (χ4v) is 11.7. The van der Waals surface area contributed by atoms with Crippen LogP contribution in [-0.2, 0) is 4.79 Å². The van der Waals surface area contributed by atoms with Gasteiger partial charge in [-0.1, -0.05) is 70.2 Å². The largest absolute Gasteiger partial charge is 0.396 e. The van der Waals surface area contributed by atoms with Gasteiger partial charge in [-0.3, -0.25) is 0 Å². The molecule has 1 aromatic heterocycles. The van der Waals surface area contributed by atoms with Crippen molar-refractivity contribution in [2.45, 2.75) is 112 Å². The summed E-state index contributed by atoms with van der Waals surface area (Å²) < 4.78 is 0. The molecule has 1 aromatic carbocycles. The van der Waals surface area contributed by atoms with Gasteiger partial charge in [-0.2, -0.15) is 0 Å². The average Bonchev–Trinajstić information content (AvgIpc) is 3.38. The van der Waals surface area contributed by atoms with E-state index in [-0.39, 0.29) is 40.2 Å². The van der Waals surface area contributed by atoms with Crippen LogP contribution in [0.2, 0.25) is 0 Å². The fourth-order valence-electron chi connectivity index (χ4n) is 11.7. The Balaban J connectivity index is 1.27. The van der Waals surface area contributed by atoms with Gasteiger partial charge in [0.1, 0.15) is 11.0 Å². The zero-order chi connectivity index (χ0) is 30.6. The highest BCUT2D eigenvalue weighted by atomic mass is 16.7. The summed E-state index contributed by atoms with van der Waals surface area (Å²) in [5.74, 6) is 0.753. The summed E-state index contributed by atoms with van der Waals surface area (Å²) in [6.45, 7) is 14.4. The summed E-state index contributed by atoms with van der Waals surface area (Å²) >= 11 is 0. The third-order valence-corrected chi connectivity index (χ3v) is 14.7. The molecule has 0 radical (unpaired) electrons. The number of carbonyl (C=O) groups is 1. The molecule has 5 aliphatic carbocycles. The van der Waals surface area contributed by atoms with Crippen molar-refractivity contribution in [2.75, 3.05) is 6.61 Å². The van der Waals surface area contributed by atoms with Crippen LogP contribution in [0.25, 0.3) is 11.0 Å². The van der Waals surface area contributed by atoms with Gasteiger partial charge in [-0.15, -0.1) is 5.10 Å². The molecule has 4 saturated carbocycles. The molecule has 0 bridgehead atoms. The average molecular weight is 590 g/mol. The number of hydrogen-bond acceptors (Lipinski definition) is 6. The van der Waals surface area contributed by atoms with Gasteiger partial charge in [-0.25, -0.2) is 4.79 Å². The highest BCUT2D eigenvalue weighted by molar-refractivity contribution is 5.80. The minimum atomic E-state index is -0.567. The van der Waals surface area contributed by atoms with Crippen molar-refractivity contribution >= 4 is 17.0 Å². The van der Waals surface area contributed by atoms with Crippen molar-refractivity contribution in [1.29, 1.82) is 0 Å². The van der Waals surface area contributed by atoms with Crippen molar-refractivity contribution in [3.63, 3.8) is 0 Å². The Bertz CT molecular complexity index is 1480. The number of allylic oxidation sites excluding steroid dienone is 2. The predicted octanol–water partition coefficient (Wildman–Crippen LogP) is 6.52. The molecule has 0 aliphatic heterocycles. The molecule has 4 fully saturated rings. The van der Waals surface area contributed by atoms with E-state index in [2.05, 4.69) is 57.9 Å². The predicted molar refractivity (Wildman–Crippen MR) is 166 cm³/mol. The molecule has 0 saturated heterocycles. The lowest BCUT2D eigenvalue weighted by molar-refractivity contribution is -0.217. The summed E-state index contributed by atoms with van der Waals surface area (Å²) in [6, 6.07) is 7.62. The number of rotatable bonds is 3. The first kappa shape index (κ1) is 29.5. The number of benzene rings is 1. The molecule has 2 aromatic rings. The van der Waals surface area contributed by atoms with Crippen LogP contribution in [0.3, 0.4) is 0 Å². The Labute approximate surface area is 256 Å². The van der Waals surface area contributed by atoms with Crippen molar-refractivity contribution in [3.05, 3.63) is 35.9 Å². The quantitative estimate of drug-likeness (QED) is 0.312. The number of aliphatic hydroxyl groups is 2. The topological polar surface area (TPSA) is 97.5 Å². The van der Waals surface area contributed by atoms with Gasteiger partial charge >= 0.3 is 5.97 Å². The van der Waals surface area contributed by atoms with Crippen LogP contribution in [0, 0.1) is 50.2 Å². The second kappa shape index (κ2) is 9.38. The maximum atomic E-state index is 14.4. The van der Waals surface area contributed by atoms with E-state index in [1.807, 2.05) is 24.3 Å². The zero-order valence-electron chi connectivity index (χ0n) is 27.0. The summed E-state index contributed by atoms with van der Waals surface area (Å²) in [7, 11) is 0. The zero-order valence-corrected chi connectivity index (χ0v) is 27.0. The van der Waals surface area contributed by atoms with Gasteiger partial charge < -0.3 is 15.1 Å². The molecule has 7 heteroatoms. The van der Waals surface area contributed by atoms with Gasteiger partial charge in [0.2, 0.25) is 0 Å². The van der Waals surface area contributed by atoms with Crippen LogP contribution in [0.5, 0.6) is 0 Å². The second-order valence-electron chi connectivity index (χ2n) is 16.9. The molecular formula is C36H51N3O4. The number of hydrogen-bond donors (Lipinski definition) is 2. The Morgan fingerprint density at radius 2 is 1.72 bits per heavy atom. The maximum Gasteiger partial charge on any atom is 0.341 e. The lowest BCUT2D eigenvalue weighted by Gasteiger charge is -2.71. The van der Waals surface area contributed by atoms with Gasteiger partial charge in [0.05, 0.1) is 18.1 Å². The summed E-state index contributed by atoms with van der Waals surface area (Å²) in [5, 5.41) is 30.0. The normalized spacial score (nSPS) is 45.3. The van der Waals surface area contributed by atoms with Crippen molar-refractivity contribution in [2.24, 2.45) is 50.2 Å². The minimum Gasteiger partial charge on any atom is -0.396 e. The Kier molecular flexibility index (Phi) is 6.43. The minimum absolute atomic E-state index is 0.0165. The lowest BCUT2D eigenvalue weighted by Crippen LogP contribution is -2.66. The molecule has 2 N–H and O–H groups in total. The number of aromatic nitrogens is 3. The molecule has 0 spiro atoms. The first-order valence-corrected chi connectivity index (χ1v) is 16.8. The molecule has 5 aliphatic rings. The number of para-hydroxylation sites is 1. The SMILES string of the molecule is CC1(C)CC[C@]2(C(=O)On3nnc4ccccc43)CC[C@]3(C)C(=CC[C@@H]4[C@@]5(C)CC[C@H](O)[C@@](C)(CO)[C@@H]5CC[C@]43C)[C@@H]2C1. The van der Waals surface area contributed by atoms with E-state index in [4.69, 9.17) is 4.84 Å². The Morgan fingerprint density at radius 1 is 0.977 bits per heavy atom. The van der Waals surface area contributed by atoms with E-state index in [0.717, 1.165) is 69.7 Å². The third kappa shape index (κ3) is 3.82. The molecule has 0 unspecified atom stereocenters. The highest BCUT2D eigenvalue weighted by Gasteiger charge is 2.69. The van der Waals surface area contributed by atoms with Crippen LogP contribution in [0.1, 0.15) is 106 Å². The van der Waals surface area contributed by atoms with E-state index >= 15 is 0 Å². The number of fused-ring (bicyclic) bond motifs is 8. The molecule has 43 heavy (non-hydrogen) atoms. The number of aliphatic hydroxyl groups excluding tert-OH is 2. The van der Waals surface area contributed by atoms with E-state index in [1.165, 1.54) is 10.4 Å². The molecule has 9 atom stereocenters. The summed E-state index contributed by atoms with van der Waals surface area (Å²) in [4.78, 5) is 21.9. The monoisotopic (exact) mass is 589 g/mol. The summed E-state index contributed by atoms with van der Waals surface area (Å²) in [5.41, 5.74) is 2.18. The molecule has 1 heterocycles. The smallest absolute Gasteiger partial charge is 0.341 e. The van der Waals surface area contributed by atoms with Crippen molar-refractivity contribution in [3.8, 4) is 0 Å². The van der Waals surface area contributed by atoms with E-state index < -0.39 is 16.9 Å². The maximum absolute atomic E-state index is 14.4. The molecule has 7 nitrogen and oxygen atoms in total. The van der Waals surface area contributed by atoms with Gasteiger partial charge in [0, 0.05) is 5.41 Å². The standard InChI is InChI=1S/C36H51N3O4/c1-31(2)17-19-36(30(42)43-39-26-10-8-7-9-25(26)37-38-39)20-18-34(5)23(24(36)21-31)11-12-28-32(3)15-14-29(41)33(4,22-40)27(32)13-16-35(28,34)6/h7-11,24,27-29,40-41H,12-22H2,1-6H3/t24-,27+,28+,29-,32-,33-,34+,35+,36-/m0/s1. The molecule has 234 valence electrons. The number of nitrogens with zero attached hydrogens (tertiary/aromatic N) is 3. The van der Waals surface area contributed by atoms with Crippen LogP contribution in [-0.4, -0.2) is 44.1 Å². The van der Waals surface area contributed by atoms with Gasteiger partial charge in [-0.05, 0) is 121 Å². The van der Waals surface area contributed by atoms with Crippen molar-refractivity contribution < 1.29 is 19.8 Å². The lowest BCUT2D eigenvalue weighted by atomic mass is 9.33. The van der Waals surface area contributed by atoms with Crippen LogP contribution in [0.15, 0.2) is 35.9 Å². The Hall–Kier alpha value is -2.25. The van der Waals surface area contributed by atoms with E-state index in [0.29, 0.717) is 17.4 Å². The number of carbonyl (C=O) groups excluding carboxylic acids is 1. The first-order valence-electron chi connectivity index (χ1n) is 16.8. The highest BCUT2D eigenvalue weighted by Crippen LogP contribution is 2.75. The van der Waals surface area contributed by atoms with Crippen LogP contribution in [0.4, 0.5) is 0 Å². The van der Waals surface area contributed by atoms with Crippen LogP contribution >= 0.6 is 0 Å². The van der Waals surface area contributed by atoms with Gasteiger partial charge in [0.25, 0.3) is 0 Å². The molecular weight excluding hydrogens is 538 g/mol. The molecule has 0 amide bonds. The van der Waals surface area contributed by atoms with E-state index in [9.17, 15) is 15.0 Å². The van der Waals surface area contributed by atoms with E-state index in [1.54, 1.807) is 0 Å². The third-order valence-electron chi connectivity index (χ3n) is 14.7. The molecule has 7 rings (SSSR count). The fraction of sp³-hybridized carbons (Fsp3) is 0.750. The summed E-state index contributed by atoms with van der Waals surface area (Å²) in [6.07, 6.45) is 11.6. The Morgan fingerprint density at radius 3 is 2.49 bits per heavy atom. The van der Waals surface area contributed by atoms with Gasteiger partial charge in [0.15, 0.2) is 0 Å².